The van der Waals surface area contributed by atoms with Gasteiger partial charge in [0.25, 0.3) is 5.91 Å². The Morgan fingerprint density at radius 3 is 2.48 bits per heavy atom. The zero-order valence-corrected chi connectivity index (χ0v) is 14.7. The molecule has 0 aliphatic rings. The molecule has 0 bridgehead atoms. The second-order valence-electron chi connectivity index (χ2n) is 5.79. The summed E-state index contributed by atoms with van der Waals surface area (Å²) in [5.74, 6) is -0.0877. The average molecular weight is 345 g/mol. The first-order chi connectivity index (χ1) is 11.9. The lowest BCUT2D eigenvalue weighted by molar-refractivity contribution is -0.121. The van der Waals surface area contributed by atoms with Gasteiger partial charge >= 0.3 is 0 Å². The number of ether oxygens (including phenoxy) is 1. The lowest BCUT2D eigenvalue weighted by Crippen LogP contribution is -2.37. The summed E-state index contributed by atoms with van der Waals surface area (Å²) in [7, 11) is 0. The van der Waals surface area contributed by atoms with Crippen LogP contribution in [0.2, 0.25) is 0 Å². The molecule has 0 fully saturated rings. The van der Waals surface area contributed by atoms with Gasteiger partial charge in [-0.2, -0.15) is 0 Å². The quantitative estimate of drug-likeness (QED) is 0.758. The van der Waals surface area contributed by atoms with Gasteiger partial charge in [0.2, 0.25) is 5.91 Å². The highest BCUT2D eigenvalue weighted by atomic mass is 16.5. The highest BCUT2D eigenvalue weighted by Gasteiger charge is 2.21. The number of carbonyl (C=O) groups is 2. The van der Waals surface area contributed by atoms with E-state index in [0.717, 1.165) is 11.3 Å². The number of amides is 2. The van der Waals surface area contributed by atoms with Crippen molar-refractivity contribution in [2.75, 3.05) is 13.2 Å². The lowest BCUT2D eigenvalue weighted by Gasteiger charge is -2.15. The normalized spacial score (nSPS) is 11.8. The van der Waals surface area contributed by atoms with Gasteiger partial charge in [-0.1, -0.05) is 17.3 Å². The topological polar surface area (TPSA) is 107 Å². The van der Waals surface area contributed by atoms with Crippen molar-refractivity contribution in [3.63, 3.8) is 0 Å². The Labute approximate surface area is 146 Å². The minimum Gasteiger partial charge on any atom is -0.494 e. The van der Waals surface area contributed by atoms with Gasteiger partial charge < -0.3 is 20.3 Å². The van der Waals surface area contributed by atoms with Crippen molar-refractivity contribution in [1.29, 1.82) is 0 Å². The second-order valence-corrected chi connectivity index (χ2v) is 5.79. The smallest absolute Gasteiger partial charge is 0.256 e. The summed E-state index contributed by atoms with van der Waals surface area (Å²) in [6.45, 7) is 6.01. The fourth-order valence-corrected chi connectivity index (χ4v) is 2.56. The van der Waals surface area contributed by atoms with Crippen LogP contribution in [0.5, 0.6) is 5.75 Å². The summed E-state index contributed by atoms with van der Waals surface area (Å²) in [6, 6.07) is 7.47. The maximum Gasteiger partial charge on any atom is 0.256 e. The van der Waals surface area contributed by atoms with Gasteiger partial charge in [0.15, 0.2) is 0 Å². The van der Waals surface area contributed by atoms with Crippen LogP contribution in [0.15, 0.2) is 28.8 Å². The first-order valence-corrected chi connectivity index (χ1v) is 8.14. The fraction of sp³-hybridized carbons (Fsp3) is 0.389. The largest absolute Gasteiger partial charge is 0.494 e. The van der Waals surface area contributed by atoms with Gasteiger partial charge in [0, 0.05) is 6.54 Å². The molecule has 134 valence electrons. The molecule has 2 rings (SSSR count). The van der Waals surface area contributed by atoms with Crippen molar-refractivity contribution in [3.05, 3.63) is 46.8 Å². The minimum atomic E-state index is -0.512. The number of aryl methyl sites for hydroxylation is 2. The Morgan fingerprint density at radius 2 is 1.96 bits per heavy atom. The van der Waals surface area contributed by atoms with Crippen LogP contribution in [0.4, 0.5) is 0 Å². The number of hydrogen-bond acceptors (Lipinski definition) is 5. The molecule has 0 unspecified atom stereocenters. The number of hydrogen-bond donors (Lipinski definition) is 2. The highest BCUT2D eigenvalue weighted by molar-refractivity contribution is 5.96. The zero-order chi connectivity index (χ0) is 18.4. The molecule has 0 saturated carbocycles. The van der Waals surface area contributed by atoms with Crippen LogP contribution in [0.1, 0.15) is 34.3 Å². The molecule has 7 nitrogen and oxygen atoms in total. The second kappa shape index (κ2) is 8.32. The van der Waals surface area contributed by atoms with E-state index in [1.807, 2.05) is 31.2 Å². The number of nitrogens with one attached hydrogen (secondary N) is 1. The summed E-state index contributed by atoms with van der Waals surface area (Å²) in [5, 5.41) is 6.49. The van der Waals surface area contributed by atoms with Crippen molar-refractivity contribution >= 4 is 11.8 Å². The summed E-state index contributed by atoms with van der Waals surface area (Å²) >= 11 is 0. The molecule has 25 heavy (non-hydrogen) atoms. The van der Waals surface area contributed by atoms with E-state index in [2.05, 4.69) is 10.5 Å². The minimum absolute atomic E-state index is 0.144. The van der Waals surface area contributed by atoms with Crippen molar-refractivity contribution in [3.8, 4) is 5.75 Å². The van der Waals surface area contributed by atoms with E-state index in [1.165, 1.54) is 0 Å². The molecule has 0 spiro atoms. The van der Waals surface area contributed by atoms with E-state index in [4.69, 9.17) is 15.0 Å². The molecule has 3 N–H and O–H groups in total. The van der Waals surface area contributed by atoms with Gasteiger partial charge in [0.1, 0.15) is 17.1 Å². The molecule has 2 amide bonds. The van der Waals surface area contributed by atoms with Crippen molar-refractivity contribution in [2.24, 2.45) is 11.7 Å². The van der Waals surface area contributed by atoms with E-state index < -0.39 is 11.8 Å². The number of aromatic nitrogens is 1. The molecule has 0 aliphatic heterocycles. The van der Waals surface area contributed by atoms with E-state index >= 15 is 0 Å². The highest BCUT2D eigenvalue weighted by Crippen LogP contribution is 2.16. The lowest BCUT2D eigenvalue weighted by atomic mass is 9.98. The number of rotatable bonds is 8. The van der Waals surface area contributed by atoms with Crippen LogP contribution >= 0.6 is 0 Å². The molecule has 0 aliphatic carbocycles. The van der Waals surface area contributed by atoms with Crippen LogP contribution in [-0.2, 0) is 11.2 Å². The van der Waals surface area contributed by atoms with Crippen molar-refractivity contribution in [2.45, 2.75) is 27.2 Å². The van der Waals surface area contributed by atoms with E-state index in [-0.39, 0.29) is 12.5 Å². The standard InChI is InChI=1S/C18H23N3O4/c1-4-24-15-7-5-13(6-8-15)9-14(17(19)22)10-20-18(23)16-11(2)21-25-12(16)3/h5-8,14H,4,9-10H2,1-3H3,(H2,19,22)(H,20,23)/t14-/m1/s1. The van der Waals surface area contributed by atoms with Crippen LogP contribution in [0.3, 0.4) is 0 Å². The maximum atomic E-state index is 12.3. The molecule has 7 heteroatoms. The maximum absolute atomic E-state index is 12.3. The molecule has 2 aromatic rings. The first kappa shape index (κ1) is 18.5. The molecule has 0 saturated heterocycles. The summed E-state index contributed by atoms with van der Waals surface area (Å²) in [4.78, 5) is 24.0. The van der Waals surface area contributed by atoms with Gasteiger partial charge in [-0.05, 0) is 44.9 Å². The van der Waals surface area contributed by atoms with Gasteiger partial charge in [-0.25, -0.2) is 0 Å². The predicted molar refractivity (Wildman–Crippen MR) is 92.3 cm³/mol. The Kier molecular flexibility index (Phi) is 6.16. The Balaban J connectivity index is 1.99. The number of nitrogens with zero attached hydrogens (tertiary/aromatic N) is 1. The summed E-state index contributed by atoms with van der Waals surface area (Å²) < 4.78 is 10.4. The van der Waals surface area contributed by atoms with E-state index in [0.29, 0.717) is 30.0 Å². The van der Waals surface area contributed by atoms with E-state index in [1.54, 1.807) is 13.8 Å². The molecule has 1 heterocycles. The molecule has 0 radical (unpaired) electrons. The third-order valence-corrected chi connectivity index (χ3v) is 3.89. The average Bonchev–Trinajstić information content (AvgIpc) is 2.91. The zero-order valence-electron chi connectivity index (χ0n) is 14.7. The van der Waals surface area contributed by atoms with Gasteiger partial charge in [-0.15, -0.1) is 0 Å². The summed E-state index contributed by atoms with van der Waals surface area (Å²) in [6.07, 6.45) is 0.434. The fourth-order valence-electron chi connectivity index (χ4n) is 2.56. The third kappa shape index (κ3) is 4.82. The monoisotopic (exact) mass is 345 g/mol. The van der Waals surface area contributed by atoms with Crippen LogP contribution in [0.25, 0.3) is 0 Å². The van der Waals surface area contributed by atoms with E-state index in [9.17, 15) is 9.59 Å². The van der Waals surface area contributed by atoms with Crippen LogP contribution in [0, 0.1) is 19.8 Å². The number of carbonyl (C=O) groups excluding carboxylic acids is 2. The number of nitrogens with two attached hydrogens (primary N) is 1. The molecular formula is C18H23N3O4. The number of primary amides is 1. The van der Waals surface area contributed by atoms with Crippen LogP contribution < -0.4 is 15.8 Å². The Bertz CT molecular complexity index is 718. The predicted octanol–water partition coefficient (Wildman–Crippen LogP) is 1.76. The molecular weight excluding hydrogens is 322 g/mol. The first-order valence-electron chi connectivity index (χ1n) is 8.14. The molecule has 1 aromatic heterocycles. The van der Waals surface area contributed by atoms with Crippen molar-refractivity contribution < 1.29 is 18.8 Å². The Hall–Kier alpha value is -2.83. The van der Waals surface area contributed by atoms with Gasteiger partial charge in [-0.3, -0.25) is 9.59 Å². The van der Waals surface area contributed by atoms with Crippen LogP contribution in [-0.4, -0.2) is 30.1 Å². The number of benzene rings is 1. The summed E-state index contributed by atoms with van der Waals surface area (Å²) in [5.41, 5.74) is 7.33. The third-order valence-electron chi connectivity index (χ3n) is 3.89. The SMILES string of the molecule is CCOc1ccc(C[C@H](CNC(=O)c2c(C)noc2C)C(N)=O)cc1. The van der Waals surface area contributed by atoms with Crippen molar-refractivity contribution in [1.82, 2.24) is 10.5 Å². The van der Waals surface area contributed by atoms with Gasteiger partial charge in [0.05, 0.1) is 18.2 Å². The molecule has 1 aromatic carbocycles. The molecule has 1 atom stereocenters. The Morgan fingerprint density at radius 1 is 1.28 bits per heavy atom.